The Morgan fingerprint density at radius 2 is 1.07 bits per heavy atom. The second-order valence-electron chi connectivity index (χ2n) is 7.07. The number of nitrogens with zero attached hydrogens (tertiary/aromatic N) is 2. The second kappa shape index (κ2) is 7.63. The molecule has 0 saturated heterocycles. The number of hydrogen-bond donors (Lipinski definition) is 1. The maximum absolute atomic E-state index is 12.0. The fourth-order valence-electron chi connectivity index (χ4n) is 3.23. The summed E-state index contributed by atoms with van der Waals surface area (Å²) in [5.41, 5.74) is 3.03. The lowest BCUT2D eigenvalue weighted by Gasteiger charge is -2.31. The van der Waals surface area contributed by atoms with Gasteiger partial charge in [0.2, 0.25) is 0 Å². The normalized spacial score (nSPS) is 11.3. The first-order valence-electron chi connectivity index (χ1n) is 8.87. The van der Waals surface area contributed by atoms with Crippen molar-refractivity contribution in [2.75, 3.05) is 38.0 Å². The average Bonchev–Trinajstić information content (AvgIpc) is 2.68. The molecule has 0 radical (unpaired) electrons. The first-order valence-corrected chi connectivity index (χ1v) is 9.25. The number of benzene rings is 3. The van der Waals surface area contributed by atoms with E-state index in [0.29, 0.717) is 10.6 Å². The SMILES string of the molecule is CN(C)c1ccc(C(O)(c2ccc(N(C)C)cc2)c2ccccc2Cl)cc1. The summed E-state index contributed by atoms with van der Waals surface area (Å²) in [5, 5.41) is 12.5. The van der Waals surface area contributed by atoms with Crippen molar-refractivity contribution in [3.63, 3.8) is 0 Å². The molecule has 0 fully saturated rings. The van der Waals surface area contributed by atoms with Gasteiger partial charge in [0.1, 0.15) is 5.60 Å². The van der Waals surface area contributed by atoms with Gasteiger partial charge in [0.25, 0.3) is 0 Å². The molecule has 0 atom stereocenters. The van der Waals surface area contributed by atoms with Gasteiger partial charge in [0.15, 0.2) is 0 Å². The van der Waals surface area contributed by atoms with Crippen LogP contribution >= 0.6 is 11.6 Å². The van der Waals surface area contributed by atoms with Gasteiger partial charge in [0.05, 0.1) is 0 Å². The number of rotatable bonds is 5. The first-order chi connectivity index (χ1) is 12.8. The third kappa shape index (κ3) is 3.66. The fraction of sp³-hybridized carbons (Fsp3) is 0.217. The molecule has 0 aliphatic heterocycles. The molecule has 0 heterocycles. The summed E-state index contributed by atoms with van der Waals surface area (Å²) in [5.74, 6) is 0. The van der Waals surface area contributed by atoms with Gasteiger partial charge < -0.3 is 14.9 Å². The van der Waals surface area contributed by atoms with E-state index in [2.05, 4.69) is 0 Å². The van der Waals surface area contributed by atoms with Gasteiger partial charge in [-0.1, -0.05) is 54.1 Å². The van der Waals surface area contributed by atoms with E-state index < -0.39 is 5.60 Å². The van der Waals surface area contributed by atoms with Crippen molar-refractivity contribution in [2.24, 2.45) is 0 Å². The third-order valence-corrected chi connectivity index (χ3v) is 5.20. The molecule has 0 aliphatic carbocycles. The molecule has 3 rings (SSSR count). The van der Waals surface area contributed by atoms with Gasteiger partial charge in [-0.05, 0) is 41.5 Å². The lowest BCUT2D eigenvalue weighted by molar-refractivity contribution is 0.126. The van der Waals surface area contributed by atoms with Crippen LogP contribution < -0.4 is 9.80 Å². The molecule has 1 N–H and O–H groups in total. The lowest BCUT2D eigenvalue weighted by Crippen LogP contribution is -2.29. The Hall–Kier alpha value is -2.49. The standard InChI is InChI=1S/C23H25ClN2O/c1-25(2)19-13-9-17(10-14-19)23(27,21-7-5-6-8-22(21)24)18-11-15-20(16-12-18)26(3)4/h5-16,27H,1-4H3. The molecule has 140 valence electrons. The highest BCUT2D eigenvalue weighted by atomic mass is 35.5. The van der Waals surface area contributed by atoms with Gasteiger partial charge >= 0.3 is 0 Å². The molecule has 0 spiro atoms. The zero-order valence-electron chi connectivity index (χ0n) is 16.1. The van der Waals surface area contributed by atoms with Crippen molar-refractivity contribution < 1.29 is 5.11 Å². The minimum absolute atomic E-state index is 0.536. The van der Waals surface area contributed by atoms with Crippen molar-refractivity contribution in [3.05, 3.63) is 94.5 Å². The van der Waals surface area contributed by atoms with Crippen LogP contribution in [-0.4, -0.2) is 33.3 Å². The summed E-state index contributed by atoms with van der Waals surface area (Å²) < 4.78 is 0. The highest BCUT2D eigenvalue weighted by Crippen LogP contribution is 2.40. The Labute approximate surface area is 166 Å². The Morgan fingerprint density at radius 1 is 0.667 bits per heavy atom. The van der Waals surface area contributed by atoms with Crippen molar-refractivity contribution in [1.29, 1.82) is 0 Å². The minimum atomic E-state index is -1.34. The number of aliphatic hydroxyl groups is 1. The molecule has 3 nitrogen and oxygen atoms in total. The molecular formula is C23H25ClN2O. The Balaban J connectivity index is 2.19. The Morgan fingerprint density at radius 3 is 1.44 bits per heavy atom. The Kier molecular flexibility index (Phi) is 5.45. The molecule has 0 bridgehead atoms. The van der Waals surface area contributed by atoms with E-state index in [4.69, 9.17) is 11.6 Å². The minimum Gasteiger partial charge on any atom is -0.378 e. The van der Waals surface area contributed by atoms with E-state index in [9.17, 15) is 5.11 Å². The lowest BCUT2D eigenvalue weighted by atomic mass is 9.80. The summed E-state index contributed by atoms with van der Waals surface area (Å²) in [7, 11) is 7.98. The molecular weight excluding hydrogens is 356 g/mol. The summed E-state index contributed by atoms with van der Waals surface area (Å²) in [6, 6.07) is 23.3. The van der Waals surface area contributed by atoms with Crippen LogP contribution in [0.5, 0.6) is 0 Å². The van der Waals surface area contributed by atoms with E-state index >= 15 is 0 Å². The quantitative estimate of drug-likeness (QED) is 0.646. The van der Waals surface area contributed by atoms with Crippen molar-refractivity contribution in [3.8, 4) is 0 Å². The van der Waals surface area contributed by atoms with E-state index in [1.165, 1.54) is 0 Å². The van der Waals surface area contributed by atoms with Gasteiger partial charge in [0, 0.05) is 50.2 Å². The van der Waals surface area contributed by atoms with Gasteiger partial charge in [-0.3, -0.25) is 0 Å². The first kappa shape index (κ1) is 19.3. The Bertz CT molecular complexity index is 851. The molecule has 3 aromatic rings. The smallest absolute Gasteiger partial charge is 0.142 e. The van der Waals surface area contributed by atoms with Crippen LogP contribution in [0, 0.1) is 0 Å². The zero-order valence-corrected chi connectivity index (χ0v) is 16.9. The van der Waals surface area contributed by atoms with Gasteiger partial charge in [-0.15, -0.1) is 0 Å². The molecule has 0 aromatic heterocycles. The summed E-state index contributed by atoms with van der Waals surface area (Å²) in [6.45, 7) is 0. The van der Waals surface area contributed by atoms with Crippen LogP contribution in [0.15, 0.2) is 72.8 Å². The molecule has 3 aromatic carbocycles. The van der Waals surface area contributed by atoms with Crippen LogP contribution in [0.3, 0.4) is 0 Å². The van der Waals surface area contributed by atoms with Crippen molar-refractivity contribution in [1.82, 2.24) is 0 Å². The van der Waals surface area contributed by atoms with Crippen molar-refractivity contribution in [2.45, 2.75) is 5.60 Å². The van der Waals surface area contributed by atoms with Crippen LogP contribution in [-0.2, 0) is 5.60 Å². The number of halogens is 1. The predicted molar refractivity (Wildman–Crippen MR) is 115 cm³/mol. The van der Waals surface area contributed by atoms with E-state index in [1.54, 1.807) is 0 Å². The molecule has 0 aliphatic rings. The summed E-state index contributed by atoms with van der Waals surface area (Å²) >= 11 is 6.50. The predicted octanol–water partition coefficient (Wildman–Crippen LogP) is 4.76. The zero-order chi connectivity index (χ0) is 19.6. The molecule has 0 unspecified atom stereocenters. The van der Waals surface area contributed by atoms with Crippen LogP contribution in [0.1, 0.15) is 16.7 Å². The van der Waals surface area contributed by atoms with Gasteiger partial charge in [-0.25, -0.2) is 0 Å². The van der Waals surface area contributed by atoms with E-state index in [0.717, 1.165) is 22.5 Å². The van der Waals surface area contributed by atoms with Crippen LogP contribution in [0.4, 0.5) is 11.4 Å². The maximum atomic E-state index is 12.0. The highest BCUT2D eigenvalue weighted by Gasteiger charge is 2.35. The highest BCUT2D eigenvalue weighted by molar-refractivity contribution is 6.31. The average molecular weight is 381 g/mol. The largest absolute Gasteiger partial charge is 0.378 e. The maximum Gasteiger partial charge on any atom is 0.142 e. The van der Waals surface area contributed by atoms with Crippen LogP contribution in [0.2, 0.25) is 5.02 Å². The van der Waals surface area contributed by atoms with E-state index in [1.807, 2.05) is 111 Å². The van der Waals surface area contributed by atoms with Crippen molar-refractivity contribution >= 4 is 23.0 Å². The summed E-state index contributed by atoms with van der Waals surface area (Å²) in [4.78, 5) is 4.06. The molecule has 27 heavy (non-hydrogen) atoms. The molecule has 0 saturated carbocycles. The van der Waals surface area contributed by atoms with Gasteiger partial charge in [-0.2, -0.15) is 0 Å². The molecule has 4 heteroatoms. The summed E-state index contributed by atoms with van der Waals surface area (Å²) in [6.07, 6.45) is 0. The monoisotopic (exact) mass is 380 g/mol. The molecule has 0 amide bonds. The number of anilines is 2. The van der Waals surface area contributed by atoms with E-state index in [-0.39, 0.29) is 0 Å². The van der Waals surface area contributed by atoms with Crippen LogP contribution in [0.25, 0.3) is 0 Å². The topological polar surface area (TPSA) is 26.7 Å². The third-order valence-electron chi connectivity index (χ3n) is 4.87. The second-order valence-corrected chi connectivity index (χ2v) is 7.48. The number of hydrogen-bond acceptors (Lipinski definition) is 3. The fourth-order valence-corrected chi connectivity index (χ4v) is 3.51.